The number of aromatic nitrogens is 1. The lowest BCUT2D eigenvalue weighted by Crippen LogP contribution is -2.45. The zero-order valence-electron chi connectivity index (χ0n) is 16.5. The Morgan fingerprint density at radius 1 is 1.10 bits per heavy atom. The van der Waals surface area contributed by atoms with E-state index in [0.717, 1.165) is 11.1 Å². The van der Waals surface area contributed by atoms with Gasteiger partial charge < -0.3 is 9.15 Å². The minimum absolute atomic E-state index is 0.247. The molecule has 2 aromatic carbocycles. The van der Waals surface area contributed by atoms with Crippen LogP contribution in [0.2, 0.25) is 0 Å². The summed E-state index contributed by atoms with van der Waals surface area (Å²) in [6.07, 6.45) is 0. The smallest absolute Gasteiger partial charge is 0.420 e. The third kappa shape index (κ3) is 4.84. The van der Waals surface area contributed by atoms with Gasteiger partial charge in [0.1, 0.15) is 12.3 Å². The molecule has 2 amide bonds. The lowest BCUT2D eigenvalue weighted by molar-refractivity contribution is -0.130. The first kappa shape index (κ1) is 20.2. The molecule has 0 bridgehead atoms. The average molecular weight is 397 g/mol. The molecule has 2 N–H and O–H groups in total. The van der Waals surface area contributed by atoms with E-state index in [4.69, 9.17) is 9.15 Å². The fourth-order valence-electron chi connectivity index (χ4n) is 2.91. The predicted octanol–water partition coefficient (Wildman–Crippen LogP) is 2.25. The number of carbonyl (C=O) groups excluding carboxylic acids is 2. The SMILES string of the molecule is Cc1ccc(C(C)C)c(OCC(=O)NNC(=O)Cn2c(=O)oc3ccccc32)c1. The van der Waals surface area contributed by atoms with Gasteiger partial charge in [-0.25, -0.2) is 4.79 Å². The van der Waals surface area contributed by atoms with Crippen molar-refractivity contribution < 1.29 is 18.7 Å². The molecule has 3 rings (SSSR count). The van der Waals surface area contributed by atoms with E-state index in [1.807, 2.05) is 39.0 Å². The molecule has 0 spiro atoms. The largest absolute Gasteiger partial charge is 0.483 e. The lowest BCUT2D eigenvalue weighted by atomic mass is 10.0. The molecule has 3 aromatic rings. The van der Waals surface area contributed by atoms with Gasteiger partial charge in [0.25, 0.3) is 11.8 Å². The van der Waals surface area contributed by atoms with Crippen molar-refractivity contribution in [3.05, 3.63) is 64.1 Å². The number of rotatable bonds is 6. The van der Waals surface area contributed by atoms with Crippen molar-refractivity contribution in [1.82, 2.24) is 15.4 Å². The predicted molar refractivity (Wildman–Crippen MR) is 108 cm³/mol. The molecule has 0 atom stereocenters. The number of aryl methyl sites for hydroxylation is 1. The van der Waals surface area contributed by atoms with Crippen molar-refractivity contribution in [2.75, 3.05) is 6.61 Å². The third-order valence-electron chi connectivity index (χ3n) is 4.37. The second-order valence-corrected chi connectivity index (χ2v) is 7.00. The van der Waals surface area contributed by atoms with Crippen LogP contribution < -0.4 is 21.3 Å². The van der Waals surface area contributed by atoms with Gasteiger partial charge in [0.05, 0.1) is 5.52 Å². The molecular formula is C21H23N3O5. The minimum Gasteiger partial charge on any atom is -0.483 e. The van der Waals surface area contributed by atoms with Gasteiger partial charge in [-0.05, 0) is 42.2 Å². The number of hydrogen-bond donors (Lipinski definition) is 2. The number of oxazole rings is 1. The summed E-state index contributed by atoms with van der Waals surface area (Å²) in [4.78, 5) is 36.0. The van der Waals surface area contributed by atoms with Crippen LogP contribution in [0.5, 0.6) is 5.75 Å². The Morgan fingerprint density at radius 2 is 1.83 bits per heavy atom. The van der Waals surface area contributed by atoms with E-state index in [9.17, 15) is 14.4 Å². The van der Waals surface area contributed by atoms with Crippen LogP contribution in [-0.4, -0.2) is 23.0 Å². The van der Waals surface area contributed by atoms with E-state index in [1.165, 1.54) is 4.57 Å². The topological polar surface area (TPSA) is 103 Å². The van der Waals surface area contributed by atoms with Gasteiger partial charge in [-0.2, -0.15) is 0 Å². The fraction of sp³-hybridized carbons (Fsp3) is 0.286. The summed E-state index contributed by atoms with van der Waals surface area (Å²) in [6.45, 7) is 5.49. The molecule has 8 heteroatoms. The van der Waals surface area contributed by atoms with E-state index < -0.39 is 17.6 Å². The van der Waals surface area contributed by atoms with Gasteiger partial charge in [-0.1, -0.05) is 38.1 Å². The standard InChI is InChI=1S/C21H23N3O5/c1-13(2)15-9-8-14(3)10-18(15)28-12-20(26)23-22-19(25)11-24-16-6-4-5-7-17(16)29-21(24)27/h4-10,13H,11-12H2,1-3H3,(H,22,25)(H,23,26). The van der Waals surface area contributed by atoms with E-state index in [-0.39, 0.29) is 19.1 Å². The molecule has 1 aromatic heterocycles. The summed E-state index contributed by atoms with van der Waals surface area (Å²) < 4.78 is 11.9. The van der Waals surface area contributed by atoms with Gasteiger partial charge in [0.2, 0.25) is 0 Å². The van der Waals surface area contributed by atoms with E-state index >= 15 is 0 Å². The number of nitrogens with one attached hydrogen (secondary N) is 2. The van der Waals surface area contributed by atoms with Gasteiger partial charge in [0, 0.05) is 0 Å². The highest BCUT2D eigenvalue weighted by molar-refractivity contribution is 5.83. The minimum atomic E-state index is -0.642. The summed E-state index contributed by atoms with van der Waals surface area (Å²) in [5.41, 5.74) is 7.48. The van der Waals surface area contributed by atoms with Crippen molar-refractivity contribution in [2.24, 2.45) is 0 Å². The number of hydrogen-bond acceptors (Lipinski definition) is 5. The van der Waals surface area contributed by atoms with Crippen LogP contribution in [0.4, 0.5) is 0 Å². The highest BCUT2D eigenvalue weighted by Crippen LogP contribution is 2.27. The Balaban J connectivity index is 1.54. The Hall–Kier alpha value is -3.55. The number of ether oxygens (including phenoxy) is 1. The van der Waals surface area contributed by atoms with Crippen LogP contribution in [0.3, 0.4) is 0 Å². The Kier molecular flexibility index (Phi) is 6.01. The number of amides is 2. The third-order valence-corrected chi connectivity index (χ3v) is 4.37. The molecule has 8 nitrogen and oxygen atoms in total. The van der Waals surface area contributed by atoms with Crippen molar-refractivity contribution in [3.8, 4) is 5.75 Å². The Bertz CT molecular complexity index is 1100. The molecule has 0 aliphatic heterocycles. The zero-order valence-corrected chi connectivity index (χ0v) is 16.5. The molecule has 29 heavy (non-hydrogen) atoms. The second-order valence-electron chi connectivity index (χ2n) is 7.00. The number of fused-ring (bicyclic) bond motifs is 1. The van der Waals surface area contributed by atoms with Crippen molar-refractivity contribution >= 4 is 22.9 Å². The summed E-state index contributed by atoms with van der Waals surface area (Å²) in [6, 6.07) is 12.6. The van der Waals surface area contributed by atoms with Crippen LogP contribution >= 0.6 is 0 Å². The molecule has 1 heterocycles. The van der Waals surface area contributed by atoms with Crippen LogP contribution in [-0.2, 0) is 16.1 Å². The number of hydrazine groups is 1. The van der Waals surface area contributed by atoms with E-state index in [1.54, 1.807) is 24.3 Å². The molecular weight excluding hydrogens is 374 g/mol. The van der Waals surface area contributed by atoms with Crippen molar-refractivity contribution in [3.63, 3.8) is 0 Å². The maximum Gasteiger partial charge on any atom is 0.420 e. The monoisotopic (exact) mass is 397 g/mol. The summed E-state index contributed by atoms with van der Waals surface area (Å²) >= 11 is 0. The number of nitrogens with zero attached hydrogens (tertiary/aromatic N) is 1. The van der Waals surface area contributed by atoms with Crippen molar-refractivity contribution in [1.29, 1.82) is 0 Å². The molecule has 0 unspecified atom stereocenters. The van der Waals surface area contributed by atoms with Crippen LogP contribution in [0.25, 0.3) is 11.1 Å². The molecule has 0 aliphatic rings. The summed E-state index contributed by atoms with van der Waals surface area (Å²) in [5.74, 6) is -0.838. The van der Waals surface area contributed by atoms with E-state index in [2.05, 4.69) is 10.9 Å². The second kappa shape index (κ2) is 8.64. The fourth-order valence-corrected chi connectivity index (χ4v) is 2.91. The lowest BCUT2D eigenvalue weighted by Gasteiger charge is -2.15. The van der Waals surface area contributed by atoms with Crippen LogP contribution in [0.1, 0.15) is 30.9 Å². The highest BCUT2D eigenvalue weighted by Gasteiger charge is 2.14. The molecule has 0 radical (unpaired) electrons. The first-order valence-electron chi connectivity index (χ1n) is 9.24. The van der Waals surface area contributed by atoms with Crippen molar-refractivity contribution in [2.45, 2.75) is 33.2 Å². The summed E-state index contributed by atoms with van der Waals surface area (Å²) in [5, 5.41) is 0. The maximum atomic E-state index is 12.1. The normalized spacial score (nSPS) is 10.9. The average Bonchev–Trinajstić information content (AvgIpc) is 3.00. The summed E-state index contributed by atoms with van der Waals surface area (Å²) in [7, 11) is 0. The Morgan fingerprint density at radius 3 is 2.59 bits per heavy atom. The van der Waals surface area contributed by atoms with Gasteiger partial charge in [0.15, 0.2) is 12.2 Å². The molecule has 0 fully saturated rings. The molecule has 0 saturated carbocycles. The van der Waals surface area contributed by atoms with Gasteiger partial charge in [-0.3, -0.25) is 25.0 Å². The quantitative estimate of drug-likeness (QED) is 0.621. The highest BCUT2D eigenvalue weighted by atomic mass is 16.5. The first-order chi connectivity index (χ1) is 13.8. The zero-order chi connectivity index (χ0) is 21.0. The maximum absolute atomic E-state index is 12.1. The number of para-hydroxylation sites is 2. The van der Waals surface area contributed by atoms with Gasteiger partial charge >= 0.3 is 5.76 Å². The first-order valence-corrected chi connectivity index (χ1v) is 9.24. The van der Waals surface area contributed by atoms with Crippen LogP contribution in [0, 0.1) is 6.92 Å². The number of benzene rings is 2. The van der Waals surface area contributed by atoms with Crippen LogP contribution in [0.15, 0.2) is 51.7 Å². The number of carbonyl (C=O) groups is 2. The van der Waals surface area contributed by atoms with Gasteiger partial charge in [-0.15, -0.1) is 0 Å². The Labute approximate surface area is 167 Å². The molecule has 0 aliphatic carbocycles. The molecule has 152 valence electrons. The molecule has 0 saturated heterocycles. The van der Waals surface area contributed by atoms with E-state index in [0.29, 0.717) is 16.8 Å².